The van der Waals surface area contributed by atoms with Crippen molar-refractivity contribution in [3.63, 3.8) is 0 Å². The van der Waals surface area contributed by atoms with Gasteiger partial charge in [0.2, 0.25) is 0 Å². The number of benzene rings is 1. The molecule has 2 heteroatoms. The molecule has 0 radical (unpaired) electrons. The number of hydrogen-bond donors (Lipinski definition) is 1. The van der Waals surface area contributed by atoms with Gasteiger partial charge in [-0.1, -0.05) is 44.7 Å². The van der Waals surface area contributed by atoms with Gasteiger partial charge in [0, 0.05) is 6.04 Å². The van der Waals surface area contributed by atoms with Gasteiger partial charge in [-0.25, -0.2) is 4.39 Å². The van der Waals surface area contributed by atoms with Crippen LogP contribution in [0.4, 0.5) is 4.39 Å². The lowest BCUT2D eigenvalue weighted by Gasteiger charge is -2.14. The maximum absolute atomic E-state index is 12.8. The van der Waals surface area contributed by atoms with Crippen LogP contribution < -0.4 is 5.32 Å². The Hall–Kier alpha value is -0.890. The monoisotopic (exact) mass is 237 g/mol. The zero-order valence-corrected chi connectivity index (χ0v) is 11.0. The number of unbranched alkanes of at least 4 members (excludes halogenated alkanes) is 4. The summed E-state index contributed by atoms with van der Waals surface area (Å²) in [5, 5.41) is 3.47. The fourth-order valence-corrected chi connectivity index (χ4v) is 1.92. The van der Waals surface area contributed by atoms with Gasteiger partial charge >= 0.3 is 0 Å². The number of hydrogen-bond acceptors (Lipinski definition) is 1. The molecule has 1 aromatic rings. The lowest BCUT2D eigenvalue weighted by atomic mass is 10.1. The molecule has 0 aliphatic heterocycles. The molecule has 1 atom stereocenters. The SMILES string of the molecule is CCCCCCCN[C@@H](C)c1ccc(F)cc1. The summed E-state index contributed by atoms with van der Waals surface area (Å²) in [6, 6.07) is 7.05. The molecular formula is C15H24FN. The van der Waals surface area contributed by atoms with E-state index < -0.39 is 0 Å². The maximum atomic E-state index is 12.8. The van der Waals surface area contributed by atoms with Crippen LogP contribution in [0.25, 0.3) is 0 Å². The molecule has 0 heterocycles. The summed E-state index contributed by atoms with van der Waals surface area (Å²) in [5.41, 5.74) is 1.15. The van der Waals surface area contributed by atoms with Crippen LogP contribution >= 0.6 is 0 Å². The van der Waals surface area contributed by atoms with Crippen LogP contribution in [-0.4, -0.2) is 6.54 Å². The van der Waals surface area contributed by atoms with E-state index in [0.717, 1.165) is 12.1 Å². The molecule has 0 aliphatic carbocycles. The molecular weight excluding hydrogens is 213 g/mol. The van der Waals surface area contributed by atoms with Crippen molar-refractivity contribution in [2.24, 2.45) is 0 Å². The summed E-state index contributed by atoms with van der Waals surface area (Å²) in [7, 11) is 0. The Labute approximate surface area is 104 Å². The molecule has 1 aromatic carbocycles. The van der Waals surface area contributed by atoms with Crippen molar-refractivity contribution in [1.29, 1.82) is 0 Å². The first kappa shape index (κ1) is 14.2. The standard InChI is InChI=1S/C15H24FN/c1-3-4-5-6-7-12-17-13(2)14-8-10-15(16)11-9-14/h8-11,13,17H,3-7,12H2,1-2H3/t13-/m0/s1. The van der Waals surface area contributed by atoms with E-state index >= 15 is 0 Å². The Morgan fingerprint density at radius 2 is 1.71 bits per heavy atom. The highest BCUT2D eigenvalue weighted by molar-refractivity contribution is 5.19. The van der Waals surface area contributed by atoms with E-state index in [-0.39, 0.29) is 5.82 Å². The summed E-state index contributed by atoms with van der Waals surface area (Å²) in [6.45, 7) is 5.40. The minimum absolute atomic E-state index is 0.166. The van der Waals surface area contributed by atoms with E-state index in [4.69, 9.17) is 0 Å². The van der Waals surface area contributed by atoms with Crippen LogP contribution in [0.15, 0.2) is 24.3 Å². The van der Waals surface area contributed by atoms with E-state index in [1.165, 1.54) is 44.2 Å². The summed E-state index contributed by atoms with van der Waals surface area (Å²) >= 11 is 0. The molecule has 0 aliphatic rings. The van der Waals surface area contributed by atoms with Crippen LogP contribution in [0.2, 0.25) is 0 Å². The molecule has 0 amide bonds. The molecule has 0 saturated heterocycles. The summed E-state index contributed by atoms with van der Waals surface area (Å²) < 4.78 is 12.8. The van der Waals surface area contributed by atoms with Crippen LogP contribution in [0.3, 0.4) is 0 Å². The first-order valence-electron chi connectivity index (χ1n) is 6.73. The van der Waals surface area contributed by atoms with E-state index in [2.05, 4.69) is 19.2 Å². The van der Waals surface area contributed by atoms with Gasteiger partial charge in [-0.05, 0) is 37.6 Å². The molecule has 96 valence electrons. The minimum Gasteiger partial charge on any atom is -0.310 e. The Morgan fingerprint density at radius 1 is 1.06 bits per heavy atom. The van der Waals surface area contributed by atoms with Gasteiger partial charge < -0.3 is 5.32 Å². The van der Waals surface area contributed by atoms with E-state index in [1.54, 1.807) is 0 Å². The third kappa shape index (κ3) is 5.83. The highest BCUT2D eigenvalue weighted by Crippen LogP contribution is 2.12. The van der Waals surface area contributed by atoms with E-state index in [9.17, 15) is 4.39 Å². The van der Waals surface area contributed by atoms with E-state index in [1.807, 2.05) is 12.1 Å². The molecule has 1 rings (SSSR count). The highest BCUT2D eigenvalue weighted by Gasteiger charge is 2.03. The van der Waals surface area contributed by atoms with Gasteiger partial charge in [0.25, 0.3) is 0 Å². The molecule has 0 saturated carbocycles. The van der Waals surface area contributed by atoms with Crippen molar-refractivity contribution in [2.45, 2.75) is 52.0 Å². The largest absolute Gasteiger partial charge is 0.310 e. The Morgan fingerprint density at radius 3 is 2.35 bits per heavy atom. The van der Waals surface area contributed by atoms with Crippen LogP contribution in [0.1, 0.15) is 57.6 Å². The molecule has 1 N–H and O–H groups in total. The zero-order chi connectivity index (χ0) is 12.5. The van der Waals surface area contributed by atoms with Gasteiger partial charge in [0.15, 0.2) is 0 Å². The molecule has 0 fully saturated rings. The molecule has 0 spiro atoms. The van der Waals surface area contributed by atoms with Crippen LogP contribution in [0.5, 0.6) is 0 Å². The van der Waals surface area contributed by atoms with Crippen LogP contribution in [0, 0.1) is 5.82 Å². The van der Waals surface area contributed by atoms with Crippen LogP contribution in [-0.2, 0) is 0 Å². The van der Waals surface area contributed by atoms with Crippen molar-refractivity contribution in [3.05, 3.63) is 35.6 Å². The van der Waals surface area contributed by atoms with Crippen molar-refractivity contribution in [1.82, 2.24) is 5.32 Å². The maximum Gasteiger partial charge on any atom is 0.123 e. The second-order valence-corrected chi connectivity index (χ2v) is 4.64. The van der Waals surface area contributed by atoms with Crippen molar-refractivity contribution in [3.8, 4) is 0 Å². The van der Waals surface area contributed by atoms with Gasteiger partial charge in [-0.2, -0.15) is 0 Å². The topological polar surface area (TPSA) is 12.0 Å². The van der Waals surface area contributed by atoms with Gasteiger partial charge in [0.05, 0.1) is 0 Å². The minimum atomic E-state index is -0.166. The zero-order valence-electron chi connectivity index (χ0n) is 11.0. The molecule has 0 aromatic heterocycles. The third-order valence-electron chi connectivity index (χ3n) is 3.10. The predicted octanol–water partition coefficient (Wildman–Crippen LogP) is 4.45. The first-order chi connectivity index (χ1) is 8.24. The Balaban J connectivity index is 2.16. The number of halogens is 1. The van der Waals surface area contributed by atoms with Gasteiger partial charge in [-0.15, -0.1) is 0 Å². The second-order valence-electron chi connectivity index (χ2n) is 4.64. The molecule has 17 heavy (non-hydrogen) atoms. The molecule has 0 unspecified atom stereocenters. The van der Waals surface area contributed by atoms with Gasteiger partial charge in [0.1, 0.15) is 5.82 Å². The quantitative estimate of drug-likeness (QED) is 0.659. The lowest BCUT2D eigenvalue weighted by Crippen LogP contribution is -2.19. The fourth-order valence-electron chi connectivity index (χ4n) is 1.92. The van der Waals surface area contributed by atoms with E-state index in [0.29, 0.717) is 6.04 Å². The summed E-state index contributed by atoms with van der Waals surface area (Å²) in [6.07, 6.45) is 6.50. The average Bonchev–Trinajstić information content (AvgIpc) is 2.34. The second kappa shape index (κ2) is 8.24. The Kier molecular flexibility index (Phi) is 6.87. The number of nitrogens with one attached hydrogen (secondary N) is 1. The van der Waals surface area contributed by atoms with Crippen molar-refractivity contribution >= 4 is 0 Å². The third-order valence-corrected chi connectivity index (χ3v) is 3.10. The van der Waals surface area contributed by atoms with Crippen molar-refractivity contribution in [2.75, 3.05) is 6.54 Å². The predicted molar refractivity (Wildman–Crippen MR) is 71.6 cm³/mol. The molecule has 1 nitrogen and oxygen atoms in total. The summed E-state index contributed by atoms with van der Waals surface area (Å²) in [4.78, 5) is 0. The van der Waals surface area contributed by atoms with Gasteiger partial charge in [-0.3, -0.25) is 0 Å². The first-order valence-corrected chi connectivity index (χ1v) is 6.73. The van der Waals surface area contributed by atoms with Crippen molar-refractivity contribution < 1.29 is 4.39 Å². The summed E-state index contributed by atoms with van der Waals surface area (Å²) in [5.74, 6) is -0.166. The molecule has 0 bridgehead atoms. The fraction of sp³-hybridized carbons (Fsp3) is 0.600. The normalized spacial score (nSPS) is 12.6. The smallest absolute Gasteiger partial charge is 0.123 e. The highest BCUT2D eigenvalue weighted by atomic mass is 19.1. The average molecular weight is 237 g/mol. The lowest BCUT2D eigenvalue weighted by molar-refractivity contribution is 0.530. The Bertz CT molecular complexity index is 294. The number of rotatable bonds is 8.